The second kappa shape index (κ2) is 7.60. The third kappa shape index (κ3) is 4.60. The fraction of sp³-hybridized carbons (Fsp3) is 0.263. The molecule has 0 saturated carbocycles. The summed E-state index contributed by atoms with van der Waals surface area (Å²) in [5.74, 6) is -1.35. The first kappa shape index (κ1) is 19.2. The summed E-state index contributed by atoms with van der Waals surface area (Å²) < 4.78 is 38.5. The van der Waals surface area contributed by atoms with Crippen molar-refractivity contribution in [3.63, 3.8) is 0 Å². The number of alkyl halides is 3. The number of likely N-dealkylation sites (tertiary alicyclic amines) is 1. The van der Waals surface area contributed by atoms with Crippen LogP contribution in [0.3, 0.4) is 0 Å². The van der Waals surface area contributed by atoms with Crippen molar-refractivity contribution in [2.24, 2.45) is 5.92 Å². The Labute approximate surface area is 158 Å². The van der Waals surface area contributed by atoms with Gasteiger partial charge in [-0.15, -0.1) is 0 Å². The fourth-order valence-electron chi connectivity index (χ4n) is 2.94. The lowest BCUT2D eigenvalue weighted by molar-refractivity contribution is -0.137. The van der Waals surface area contributed by atoms with Crippen LogP contribution >= 0.6 is 11.6 Å². The zero-order valence-corrected chi connectivity index (χ0v) is 14.8. The maximum Gasteiger partial charge on any atom is 0.416 e. The van der Waals surface area contributed by atoms with Crippen LogP contribution in [-0.2, 0) is 22.3 Å². The molecule has 1 atom stereocenters. The van der Waals surface area contributed by atoms with Gasteiger partial charge in [0, 0.05) is 19.5 Å². The van der Waals surface area contributed by atoms with E-state index < -0.39 is 23.6 Å². The zero-order chi connectivity index (χ0) is 19.6. The number of rotatable bonds is 4. The molecule has 3 rings (SSSR count). The van der Waals surface area contributed by atoms with Crippen molar-refractivity contribution in [3.05, 3.63) is 64.7 Å². The topological polar surface area (TPSA) is 49.4 Å². The zero-order valence-electron chi connectivity index (χ0n) is 14.1. The molecule has 1 unspecified atom stereocenters. The highest BCUT2D eigenvalue weighted by atomic mass is 35.5. The van der Waals surface area contributed by atoms with Gasteiger partial charge in [-0.25, -0.2) is 0 Å². The van der Waals surface area contributed by atoms with Gasteiger partial charge in [0.05, 0.1) is 22.2 Å². The average molecular weight is 397 g/mol. The summed E-state index contributed by atoms with van der Waals surface area (Å²) in [6.45, 7) is 0.587. The number of hydrogen-bond acceptors (Lipinski definition) is 2. The highest BCUT2D eigenvalue weighted by molar-refractivity contribution is 6.33. The Bertz CT molecular complexity index is 856. The lowest BCUT2D eigenvalue weighted by atomic mass is 10.1. The van der Waals surface area contributed by atoms with Gasteiger partial charge in [-0.1, -0.05) is 41.9 Å². The SMILES string of the molecule is O=C(Nc1cc(C(F)(F)F)ccc1Cl)C1CC(=O)N(Cc2ccccc2)C1. The number of nitrogens with zero attached hydrogens (tertiary/aromatic N) is 1. The van der Waals surface area contributed by atoms with E-state index in [1.807, 2.05) is 30.3 Å². The van der Waals surface area contributed by atoms with Crippen molar-refractivity contribution >= 4 is 29.1 Å². The van der Waals surface area contributed by atoms with Gasteiger partial charge in [0.15, 0.2) is 0 Å². The van der Waals surface area contributed by atoms with E-state index in [4.69, 9.17) is 11.6 Å². The molecule has 27 heavy (non-hydrogen) atoms. The van der Waals surface area contributed by atoms with E-state index in [1.165, 1.54) is 0 Å². The fourth-order valence-corrected chi connectivity index (χ4v) is 3.10. The van der Waals surface area contributed by atoms with Crippen molar-refractivity contribution < 1.29 is 22.8 Å². The molecule has 1 aliphatic rings. The summed E-state index contributed by atoms with van der Waals surface area (Å²) in [6, 6.07) is 12.1. The first-order valence-corrected chi connectivity index (χ1v) is 8.61. The smallest absolute Gasteiger partial charge is 0.338 e. The summed E-state index contributed by atoms with van der Waals surface area (Å²) >= 11 is 5.90. The molecule has 142 valence electrons. The normalized spacial score (nSPS) is 17.3. The molecule has 0 radical (unpaired) electrons. The van der Waals surface area contributed by atoms with Crippen molar-refractivity contribution in [2.45, 2.75) is 19.1 Å². The molecule has 1 heterocycles. The number of carbonyl (C=O) groups is 2. The van der Waals surface area contributed by atoms with Gasteiger partial charge in [0.2, 0.25) is 11.8 Å². The summed E-state index contributed by atoms with van der Waals surface area (Å²) in [7, 11) is 0. The molecule has 2 amide bonds. The molecule has 0 aromatic heterocycles. The van der Waals surface area contributed by atoms with Crippen LogP contribution in [0.2, 0.25) is 5.02 Å². The van der Waals surface area contributed by atoms with Gasteiger partial charge in [-0.3, -0.25) is 9.59 Å². The molecule has 1 aliphatic heterocycles. The number of halogens is 4. The molecule has 1 saturated heterocycles. The van der Waals surface area contributed by atoms with Crippen LogP contribution in [0.5, 0.6) is 0 Å². The summed E-state index contributed by atoms with van der Waals surface area (Å²) in [6.07, 6.45) is -4.53. The van der Waals surface area contributed by atoms with Crippen molar-refractivity contribution in [2.75, 3.05) is 11.9 Å². The standard InChI is InChI=1S/C19H16ClF3N2O2/c20-15-7-6-14(19(21,22)23)9-16(15)24-18(27)13-8-17(26)25(11-13)10-12-4-2-1-3-5-12/h1-7,9,13H,8,10-11H2,(H,24,27). The van der Waals surface area contributed by atoms with Gasteiger partial charge < -0.3 is 10.2 Å². The monoisotopic (exact) mass is 396 g/mol. The van der Waals surface area contributed by atoms with Crippen LogP contribution in [0.4, 0.5) is 18.9 Å². The molecular weight excluding hydrogens is 381 g/mol. The van der Waals surface area contributed by atoms with E-state index in [0.29, 0.717) is 6.54 Å². The summed E-state index contributed by atoms with van der Waals surface area (Å²) in [4.78, 5) is 26.2. The molecule has 0 bridgehead atoms. The third-order valence-electron chi connectivity index (χ3n) is 4.35. The molecule has 0 aliphatic carbocycles. The number of carbonyl (C=O) groups excluding carboxylic acids is 2. The van der Waals surface area contributed by atoms with Crippen LogP contribution in [-0.4, -0.2) is 23.3 Å². The number of amides is 2. The molecule has 2 aromatic rings. The predicted octanol–water partition coefficient (Wildman–Crippen LogP) is 4.35. The maximum absolute atomic E-state index is 12.8. The van der Waals surface area contributed by atoms with Crippen molar-refractivity contribution in [3.8, 4) is 0 Å². The van der Waals surface area contributed by atoms with Crippen LogP contribution in [0, 0.1) is 5.92 Å². The minimum absolute atomic E-state index is 0.00168. The van der Waals surface area contributed by atoms with E-state index in [0.717, 1.165) is 23.8 Å². The number of anilines is 1. The quantitative estimate of drug-likeness (QED) is 0.835. The maximum atomic E-state index is 12.8. The second-order valence-corrected chi connectivity index (χ2v) is 6.75. The van der Waals surface area contributed by atoms with E-state index in [-0.39, 0.29) is 29.6 Å². The Kier molecular flexibility index (Phi) is 5.41. The first-order valence-electron chi connectivity index (χ1n) is 8.23. The molecular formula is C19H16ClF3N2O2. The summed E-state index contributed by atoms with van der Waals surface area (Å²) in [5, 5.41) is 2.42. The largest absolute Gasteiger partial charge is 0.416 e. The van der Waals surface area contributed by atoms with E-state index >= 15 is 0 Å². The highest BCUT2D eigenvalue weighted by Crippen LogP contribution is 2.34. The number of benzene rings is 2. The highest BCUT2D eigenvalue weighted by Gasteiger charge is 2.35. The van der Waals surface area contributed by atoms with Gasteiger partial charge in [-0.05, 0) is 23.8 Å². The van der Waals surface area contributed by atoms with Crippen LogP contribution in [0.1, 0.15) is 17.5 Å². The molecule has 2 aromatic carbocycles. The third-order valence-corrected chi connectivity index (χ3v) is 4.68. The van der Waals surface area contributed by atoms with E-state index in [2.05, 4.69) is 5.32 Å². The minimum atomic E-state index is -4.54. The predicted molar refractivity (Wildman–Crippen MR) is 95.0 cm³/mol. The Balaban J connectivity index is 1.68. The van der Waals surface area contributed by atoms with Crippen molar-refractivity contribution in [1.29, 1.82) is 0 Å². The Morgan fingerprint density at radius 2 is 1.89 bits per heavy atom. The second-order valence-electron chi connectivity index (χ2n) is 6.34. The van der Waals surface area contributed by atoms with Crippen LogP contribution in [0.25, 0.3) is 0 Å². The molecule has 1 N–H and O–H groups in total. The van der Waals surface area contributed by atoms with E-state index in [9.17, 15) is 22.8 Å². The van der Waals surface area contributed by atoms with Gasteiger partial charge in [0.1, 0.15) is 0 Å². The van der Waals surface area contributed by atoms with Gasteiger partial charge in [0.25, 0.3) is 0 Å². The molecule has 1 fully saturated rings. The lowest BCUT2D eigenvalue weighted by Gasteiger charge is -2.17. The number of nitrogens with one attached hydrogen (secondary N) is 1. The first-order chi connectivity index (χ1) is 12.7. The van der Waals surface area contributed by atoms with Crippen molar-refractivity contribution in [1.82, 2.24) is 4.90 Å². The van der Waals surface area contributed by atoms with E-state index in [1.54, 1.807) is 4.90 Å². The molecule has 8 heteroatoms. The Morgan fingerprint density at radius 1 is 1.19 bits per heavy atom. The van der Waals surface area contributed by atoms with Crippen LogP contribution in [0.15, 0.2) is 48.5 Å². The Morgan fingerprint density at radius 3 is 2.56 bits per heavy atom. The average Bonchev–Trinajstić information content (AvgIpc) is 2.97. The minimum Gasteiger partial charge on any atom is -0.338 e. The summed E-state index contributed by atoms with van der Waals surface area (Å²) in [5.41, 5.74) is -0.0892. The van der Waals surface area contributed by atoms with Crippen LogP contribution < -0.4 is 5.32 Å². The van der Waals surface area contributed by atoms with Gasteiger partial charge in [-0.2, -0.15) is 13.2 Å². The molecule has 0 spiro atoms. The Hall–Kier alpha value is -2.54. The van der Waals surface area contributed by atoms with Gasteiger partial charge >= 0.3 is 6.18 Å². The number of hydrogen-bond donors (Lipinski definition) is 1. The lowest BCUT2D eigenvalue weighted by Crippen LogP contribution is -2.28. The molecule has 4 nitrogen and oxygen atoms in total.